The van der Waals surface area contributed by atoms with E-state index < -0.39 is 6.10 Å². The second kappa shape index (κ2) is 5.43. The van der Waals surface area contributed by atoms with Crippen LogP contribution < -0.4 is 0 Å². The molecule has 0 heterocycles. The molecule has 0 aliphatic heterocycles. The first-order valence-corrected chi connectivity index (χ1v) is 5.74. The molecule has 1 aliphatic rings. The van der Waals surface area contributed by atoms with E-state index in [0.29, 0.717) is 13.0 Å². The first kappa shape index (κ1) is 11.6. The van der Waals surface area contributed by atoms with Gasteiger partial charge in [-0.1, -0.05) is 30.3 Å². The van der Waals surface area contributed by atoms with Crippen LogP contribution in [0.4, 0.5) is 0 Å². The number of aliphatic hydroxyl groups excluding tert-OH is 2. The van der Waals surface area contributed by atoms with Gasteiger partial charge in [0.1, 0.15) is 0 Å². The molecule has 1 aromatic carbocycles. The van der Waals surface area contributed by atoms with Gasteiger partial charge in [0.25, 0.3) is 0 Å². The molecular weight excluding hydrogens is 204 g/mol. The van der Waals surface area contributed by atoms with E-state index in [1.54, 1.807) is 0 Å². The normalized spacial score (nSPS) is 29.5. The van der Waals surface area contributed by atoms with Gasteiger partial charge in [-0.05, 0) is 24.3 Å². The SMILES string of the molecule is OC[C@H]1C[C@H](O)[C@H](OCc2ccccc2)C1. The smallest absolute Gasteiger partial charge is 0.0842 e. The van der Waals surface area contributed by atoms with E-state index >= 15 is 0 Å². The molecule has 2 N–H and O–H groups in total. The number of hydrogen-bond donors (Lipinski definition) is 2. The fraction of sp³-hybridized carbons (Fsp3) is 0.538. The van der Waals surface area contributed by atoms with Crippen LogP contribution in [0.1, 0.15) is 18.4 Å². The van der Waals surface area contributed by atoms with Crippen molar-refractivity contribution in [1.82, 2.24) is 0 Å². The predicted octanol–water partition coefficient (Wildman–Crippen LogP) is 1.33. The number of benzene rings is 1. The van der Waals surface area contributed by atoms with Gasteiger partial charge in [0.2, 0.25) is 0 Å². The molecule has 1 saturated carbocycles. The zero-order valence-electron chi connectivity index (χ0n) is 9.25. The first-order valence-electron chi connectivity index (χ1n) is 5.74. The van der Waals surface area contributed by atoms with Gasteiger partial charge in [-0.15, -0.1) is 0 Å². The lowest BCUT2D eigenvalue weighted by molar-refractivity contribution is -0.0276. The Balaban J connectivity index is 1.82. The molecule has 88 valence electrons. The summed E-state index contributed by atoms with van der Waals surface area (Å²) in [4.78, 5) is 0. The van der Waals surface area contributed by atoms with E-state index in [2.05, 4.69) is 0 Å². The summed E-state index contributed by atoms with van der Waals surface area (Å²) in [6.07, 6.45) is 0.846. The molecule has 0 radical (unpaired) electrons. The summed E-state index contributed by atoms with van der Waals surface area (Å²) in [6.45, 7) is 0.670. The van der Waals surface area contributed by atoms with Crippen LogP contribution in [0.3, 0.4) is 0 Å². The topological polar surface area (TPSA) is 49.7 Å². The fourth-order valence-corrected chi connectivity index (χ4v) is 2.18. The van der Waals surface area contributed by atoms with E-state index in [9.17, 15) is 5.11 Å². The minimum Gasteiger partial charge on any atom is -0.396 e. The van der Waals surface area contributed by atoms with Gasteiger partial charge in [-0.25, -0.2) is 0 Å². The molecule has 3 nitrogen and oxygen atoms in total. The van der Waals surface area contributed by atoms with Crippen molar-refractivity contribution < 1.29 is 14.9 Å². The standard InChI is InChI=1S/C13H18O3/c14-8-11-6-12(15)13(7-11)16-9-10-4-2-1-3-5-10/h1-5,11-15H,6-9H2/t11-,12-,13+/m0/s1. The Labute approximate surface area is 95.7 Å². The Morgan fingerprint density at radius 2 is 1.94 bits per heavy atom. The molecule has 3 heteroatoms. The Morgan fingerprint density at radius 3 is 2.56 bits per heavy atom. The second-order valence-electron chi connectivity index (χ2n) is 4.42. The summed E-state index contributed by atoms with van der Waals surface area (Å²) < 4.78 is 5.67. The highest BCUT2D eigenvalue weighted by Gasteiger charge is 2.33. The lowest BCUT2D eigenvalue weighted by atomic mass is 10.1. The first-order chi connectivity index (χ1) is 7.79. The number of ether oxygens (including phenoxy) is 1. The Hall–Kier alpha value is -0.900. The summed E-state index contributed by atoms with van der Waals surface area (Å²) in [5, 5.41) is 18.8. The van der Waals surface area contributed by atoms with Crippen LogP contribution >= 0.6 is 0 Å². The molecule has 0 spiro atoms. The molecule has 3 atom stereocenters. The summed E-state index contributed by atoms with van der Waals surface area (Å²) in [5.74, 6) is 0.191. The lowest BCUT2D eigenvalue weighted by Crippen LogP contribution is -2.22. The van der Waals surface area contributed by atoms with Crippen LogP contribution in [0.2, 0.25) is 0 Å². The average Bonchev–Trinajstić information content (AvgIpc) is 2.69. The second-order valence-corrected chi connectivity index (χ2v) is 4.42. The zero-order valence-corrected chi connectivity index (χ0v) is 9.25. The van der Waals surface area contributed by atoms with Crippen molar-refractivity contribution in [2.75, 3.05) is 6.61 Å². The molecule has 1 aromatic rings. The largest absolute Gasteiger partial charge is 0.396 e. The summed E-state index contributed by atoms with van der Waals surface area (Å²) in [7, 11) is 0. The number of hydrogen-bond acceptors (Lipinski definition) is 3. The van der Waals surface area contributed by atoms with E-state index in [4.69, 9.17) is 9.84 Å². The third-order valence-electron chi connectivity index (χ3n) is 3.13. The van der Waals surface area contributed by atoms with Crippen LogP contribution in [0.25, 0.3) is 0 Å². The molecule has 2 rings (SSSR count). The highest BCUT2D eigenvalue weighted by atomic mass is 16.5. The quantitative estimate of drug-likeness (QED) is 0.808. The predicted molar refractivity (Wildman–Crippen MR) is 60.8 cm³/mol. The van der Waals surface area contributed by atoms with Crippen LogP contribution in [-0.2, 0) is 11.3 Å². The molecule has 0 amide bonds. The van der Waals surface area contributed by atoms with Gasteiger partial charge in [-0.3, -0.25) is 0 Å². The van der Waals surface area contributed by atoms with Gasteiger partial charge >= 0.3 is 0 Å². The highest BCUT2D eigenvalue weighted by molar-refractivity contribution is 5.13. The maximum absolute atomic E-state index is 9.73. The fourth-order valence-electron chi connectivity index (χ4n) is 2.18. The Bertz CT molecular complexity index is 312. The molecule has 1 fully saturated rings. The van der Waals surface area contributed by atoms with Crippen molar-refractivity contribution in [1.29, 1.82) is 0 Å². The third-order valence-corrected chi connectivity index (χ3v) is 3.13. The lowest BCUT2D eigenvalue weighted by Gasteiger charge is -2.15. The molecule has 0 saturated heterocycles. The van der Waals surface area contributed by atoms with E-state index in [-0.39, 0.29) is 18.6 Å². The van der Waals surface area contributed by atoms with E-state index in [1.807, 2.05) is 30.3 Å². The molecule has 16 heavy (non-hydrogen) atoms. The minimum atomic E-state index is -0.430. The van der Waals surface area contributed by atoms with Crippen molar-refractivity contribution in [3.63, 3.8) is 0 Å². The van der Waals surface area contributed by atoms with Crippen molar-refractivity contribution >= 4 is 0 Å². The van der Waals surface area contributed by atoms with Crippen LogP contribution in [0, 0.1) is 5.92 Å². The molecule has 0 unspecified atom stereocenters. The van der Waals surface area contributed by atoms with Crippen molar-refractivity contribution in [3.8, 4) is 0 Å². The third kappa shape index (κ3) is 2.82. The van der Waals surface area contributed by atoms with Crippen LogP contribution in [-0.4, -0.2) is 29.0 Å². The minimum absolute atomic E-state index is 0.127. The maximum Gasteiger partial charge on any atom is 0.0842 e. The van der Waals surface area contributed by atoms with E-state index in [1.165, 1.54) is 0 Å². The van der Waals surface area contributed by atoms with Gasteiger partial charge < -0.3 is 14.9 Å². The average molecular weight is 222 g/mol. The number of aliphatic hydroxyl groups is 2. The van der Waals surface area contributed by atoms with Gasteiger partial charge in [0.15, 0.2) is 0 Å². The summed E-state index contributed by atoms with van der Waals surface area (Å²) >= 11 is 0. The molecule has 1 aliphatic carbocycles. The van der Waals surface area contributed by atoms with Gasteiger partial charge in [0.05, 0.1) is 18.8 Å². The van der Waals surface area contributed by atoms with Crippen LogP contribution in [0.5, 0.6) is 0 Å². The zero-order chi connectivity index (χ0) is 11.4. The Kier molecular flexibility index (Phi) is 3.93. The van der Waals surface area contributed by atoms with Crippen LogP contribution in [0.15, 0.2) is 30.3 Å². The maximum atomic E-state index is 9.73. The van der Waals surface area contributed by atoms with E-state index in [0.717, 1.165) is 12.0 Å². The van der Waals surface area contributed by atoms with Gasteiger partial charge in [0, 0.05) is 6.61 Å². The van der Waals surface area contributed by atoms with Crippen molar-refractivity contribution in [3.05, 3.63) is 35.9 Å². The Morgan fingerprint density at radius 1 is 1.19 bits per heavy atom. The van der Waals surface area contributed by atoms with Crippen molar-refractivity contribution in [2.45, 2.75) is 31.7 Å². The monoisotopic (exact) mass is 222 g/mol. The highest BCUT2D eigenvalue weighted by Crippen LogP contribution is 2.28. The molecular formula is C13H18O3. The summed E-state index contributed by atoms with van der Waals surface area (Å²) in [6, 6.07) is 9.92. The van der Waals surface area contributed by atoms with Gasteiger partial charge in [-0.2, -0.15) is 0 Å². The van der Waals surface area contributed by atoms with Crippen molar-refractivity contribution in [2.24, 2.45) is 5.92 Å². The molecule has 0 aromatic heterocycles. The summed E-state index contributed by atoms with van der Waals surface area (Å²) in [5.41, 5.74) is 1.11. The molecule has 0 bridgehead atoms. The number of rotatable bonds is 4.